The van der Waals surface area contributed by atoms with E-state index >= 15 is 0 Å². The summed E-state index contributed by atoms with van der Waals surface area (Å²) in [4.78, 5) is 4.42. The molecule has 3 heteroatoms. The molecule has 2 aromatic carbocycles. The maximum absolute atomic E-state index is 9.98. The number of phenolic OH excluding ortho intramolecular Hbond substituents is 1. The molecule has 0 amide bonds. The summed E-state index contributed by atoms with van der Waals surface area (Å²) in [6.07, 6.45) is 4.21. The van der Waals surface area contributed by atoms with Crippen LogP contribution < -0.4 is 0 Å². The standard InChI is InChI=1S/C16H17NO2/c18-16-8-7-12-4-1-2-6-14(12)15(16)11-17-10-13-5-3-9-19-13/h1-2,4,6-8,11,13,18H,3,5,9-10H2/t13-/m1/s1. The third-order valence-corrected chi connectivity index (χ3v) is 3.50. The Balaban J connectivity index is 1.86. The summed E-state index contributed by atoms with van der Waals surface area (Å²) in [5.74, 6) is 0.273. The van der Waals surface area contributed by atoms with Gasteiger partial charge >= 0.3 is 0 Å². The zero-order valence-electron chi connectivity index (χ0n) is 10.7. The van der Waals surface area contributed by atoms with E-state index in [2.05, 4.69) is 4.99 Å². The number of fused-ring (bicyclic) bond motifs is 1. The Hall–Kier alpha value is -1.87. The highest BCUT2D eigenvalue weighted by Gasteiger charge is 2.14. The summed E-state index contributed by atoms with van der Waals surface area (Å²) in [5.41, 5.74) is 0.788. The third-order valence-electron chi connectivity index (χ3n) is 3.50. The van der Waals surface area contributed by atoms with Gasteiger partial charge in [0, 0.05) is 18.4 Å². The Morgan fingerprint density at radius 1 is 1.26 bits per heavy atom. The molecule has 0 aromatic heterocycles. The summed E-state index contributed by atoms with van der Waals surface area (Å²) < 4.78 is 5.53. The molecule has 1 atom stereocenters. The minimum absolute atomic E-state index is 0.244. The van der Waals surface area contributed by atoms with Crippen molar-refractivity contribution >= 4 is 17.0 Å². The highest BCUT2D eigenvalue weighted by molar-refractivity contribution is 6.02. The van der Waals surface area contributed by atoms with Crippen molar-refractivity contribution in [3.63, 3.8) is 0 Å². The molecule has 1 N–H and O–H groups in total. The molecule has 1 saturated heterocycles. The molecule has 2 aromatic rings. The summed E-state index contributed by atoms with van der Waals surface area (Å²) in [6.45, 7) is 1.52. The lowest BCUT2D eigenvalue weighted by Crippen LogP contribution is -2.08. The maximum atomic E-state index is 9.98. The number of nitrogens with zero attached hydrogens (tertiary/aromatic N) is 1. The maximum Gasteiger partial charge on any atom is 0.124 e. The van der Waals surface area contributed by atoms with Crippen molar-refractivity contribution in [2.45, 2.75) is 18.9 Å². The van der Waals surface area contributed by atoms with Gasteiger partial charge in [-0.15, -0.1) is 0 Å². The van der Waals surface area contributed by atoms with Gasteiger partial charge in [0.05, 0.1) is 12.6 Å². The zero-order chi connectivity index (χ0) is 13.1. The third kappa shape index (κ3) is 2.61. The predicted molar refractivity (Wildman–Crippen MR) is 77.0 cm³/mol. The molecule has 1 aliphatic heterocycles. The SMILES string of the molecule is Oc1ccc2ccccc2c1C=NC[C@H]1CCCO1. The van der Waals surface area contributed by atoms with Gasteiger partial charge in [0.1, 0.15) is 5.75 Å². The number of benzene rings is 2. The summed E-state index contributed by atoms with van der Waals surface area (Å²) in [6, 6.07) is 11.6. The summed E-state index contributed by atoms with van der Waals surface area (Å²) in [7, 11) is 0. The van der Waals surface area contributed by atoms with Crippen LogP contribution in [-0.4, -0.2) is 30.6 Å². The van der Waals surface area contributed by atoms with Gasteiger partial charge in [-0.25, -0.2) is 0 Å². The average Bonchev–Trinajstić information content (AvgIpc) is 2.94. The smallest absolute Gasteiger partial charge is 0.124 e. The predicted octanol–water partition coefficient (Wildman–Crippen LogP) is 3.14. The quantitative estimate of drug-likeness (QED) is 0.856. The van der Waals surface area contributed by atoms with Gasteiger partial charge in [-0.1, -0.05) is 30.3 Å². The molecule has 19 heavy (non-hydrogen) atoms. The monoisotopic (exact) mass is 255 g/mol. The van der Waals surface area contributed by atoms with E-state index < -0.39 is 0 Å². The molecule has 3 rings (SSSR count). The van der Waals surface area contributed by atoms with Gasteiger partial charge in [0.15, 0.2) is 0 Å². The number of phenols is 1. The Bertz CT molecular complexity index is 601. The lowest BCUT2D eigenvalue weighted by atomic mass is 10.0. The molecular weight excluding hydrogens is 238 g/mol. The van der Waals surface area contributed by atoms with Crippen LogP contribution >= 0.6 is 0 Å². The second-order valence-corrected chi connectivity index (χ2v) is 4.85. The second-order valence-electron chi connectivity index (χ2n) is 4.85. The first-order chi connectivity index (χ1) is 9.34. The van der Waals surface area contributed by atoms with Crippen molar-refractivity contribution in [3.05, 3.63) is 42.0 Å². The summed E-state index contributed by atoms with van der Waals surface area (Å²) >= 11 is 0. The number of hydrogen-bond donors (Lipinski definition) is 1. The molecule has 0 spiro atoms. The molecule has 0 radical (unpaired) electrons. The average molecular weight is 255 g/mol. The number of rotatable bonds is 3. The molecule has 0 aliphatic carbocycles. The van der Waals surface area contributed by atoms with Crippen molar-refractivity contribution in [2.75, 3.05) is 13.2 Å². The number of hydrogen-bond acceptors (Lipinski definition) is 3. The second kappa shape index (κ2) is 5.41. The van der Waals surface area contributed by atoms with Gasteiger partial charge in [-0.2, -0.15) is 0 Å². The van der Waals surface area contributed by atoms with Gasteiger partial charge in [-0.3, -0.25) is 4.99 Å². The Morgan fingerprint density at radius 2 is 2.16 bits per heavy atom. The fraction of sp³-hybridized carbons (Fsp3) is 0.312. The van der Waals surface area contributed by atoms with Gasteiger partial charge in [0.2, 0.25) is 0 Å². The Kier molecular flexibility index (Phi) is 3.47. The Labute approximate surface area is 112 Å². The van der Waals surface area contributed by atoms with E-state index in [0.29, 0.717) is 6.54 Å². The largest absolute Gasteiger partial charge is 0.507 e. The molecule has 98 valence electrons. The van der Waals surface area contributed by atoms with Crippen LogP contribution in [0, 0.1) is 0 Å². The minimum Gasteiger partial charge on any atom is -0.507 e. The number of ether oxygens (including phenoxy) is 1. The number of aliphatic imine (C=N–C) groups is 1. The van der Waals surface area contributed by atoms with Crippen LogP contribution in [0.1, 0.15) is 18.4 Å². The molecular formula is C16H17NO2. The van der Waals surface area contributed by atoms with E-state index in [1.807, 2.05) is 30.3 Å². The van der Waals surface area contributed by atoms with Crippen LogP contribution in [0.2, 0.25) is 0 Å². The molecule has 0 unspecified atom stereocenters. The van der Waals surface area contributed by atoms with Gasteiger partial charge in [-0.05, 0) is 29.7 Å². The van der Waals surface area contributed by atoms with Crippen molar-refractivity contribution in [1.82, 2.24) is 0 Å². The highest BCUT2D eigenvalue weighted by Crippen LogP contribution is 2.25. The first kappa shape index (κ1) is 12.2. The van der Waals surface area contributed by atoms with E-state index in [-0.39, 0.29) is 11.9 Å². The molecule has 0 saturated carbocycles. The normalized spacial score (nSPS) is 19.5. The Morgan fingerprint density at radius 3 is 3.00 bits per heavy atom. The lowest BCUT2D eigenvalue weighted by molar-refractivity contribution is 0.118. The van der Waals surface area contributed by atoms with E-state index in [9.17, 15) is 5.11 Å². The molecule has 3 nitrogen and oxygen atoms in total. The minimum atomic E-state index is 0.244. The van der Waals surface area contributed by atoms with E-state index in [4.69, 9.17) is 4.74 Å². The first-order valence-corrected chi connectivity index (χ1v) is 6.67. The fourth-order valence-corrected chi connectivity index (χ4v) is 2.47. The van der Waals surface area contributed by atoms with E-state index in [1.165, 1.54) is 0 Å². The van der Waals surface area contributed by atoms with Crippen LogP contribution in [0.3, 0.4) is 0 Å². The molecule has 1 fully saturated rings. The van der Waals surface area contributed by atoms with Gasteiger partial charge in [0.25, 0.3) is 0 Å². The van der Waals surface area contributed by atoms with Crippen LogP contribution in [0.4, 0.5) is 0 Å². The van der Waals surface area contributed by atoms with Crippen LogP contribution in [-0.2, 0) is 4.74 Å². The highest BCUT2D eigenvalue weighted by atomic mass is 16.5. The van der Waals surface area contributed by atoms with Crippen molar-refractivity contribution in [3.8, 4) is 5.75 Å². The van der Waals surface area contributed by atoms with Gasteiger partial charge < -0.3 is 9.84 Å². The van der Waals surface area contributed by atoms with Crippen molar-refractivity contribution < 1.29 is 9.84 Å². The van der Waals surface area contributed by atoms with Crippen LogP contribution in [0.25, 0.3) is 10.8 Å². The molecule has 1 heterocycles. The summed E-state index contributed by atoms with van der Waals surface area (Å²) in [5, 5.41) is 12.1. The fourth-order valence-electron chi connectivity index (χ4n) is 2.47. The van der Waals surface area contributed by atoms with Crippen LogP contribution in [0.5, 0.6) is 5.75 Å². The number of aromatic hydroxyl groups is 1. The zero-order valence-corrected chi connectivity index (χ0v) is 10.7. The molecule has 1 aliphatic rings. The van der Waals surface area contributed by atoms with Crippen molar-refractivity contribution in [2.24, 2.45) is 4.99 Å². The van der Waals surface area contributed by atoms with Crippen molar-refractivity contribution in [1.29, 1.82) is 0 Å². The van der Waals surface area contributed by atoms with E-state index in [0.717, 1.165) is 35.8 Å². The topological polar surface area (TPSA) is 41.8 Å². The van der Waals surface area contributed by atoms with E-state index in [1.54, 1.807) is 12.3 Å². The lowest BCUT2D eigenvalue weighted by Gasteiger charge is -2.06. The van der Waals surface area contributed by atoms with Crippen LogP contribution in [0.15, 0.2) is 41.4 Å². The molecule has 0 bridgehead atoms. The first-order valence-electron chi connectivity index (χ1n) is 6.67.